The third-order valence-corrected chi connectivity index (χ3v) is 3.26. The Morgan fingerprint density at radius 3 is 2.07 bits per heavy atom. The van der Waals surface area contributed by atoms with Crippen LogP contribution in [0.25, 0.3) is 0 Å². The number of alkyl halides is 2. The van der Waals surface area contributed by atoms with Gasteiger partial charge >= 0.3 is 0 Å². The van der Waals surface area contributed by atoms with Crippen LogP contribution in [-0.4, -0.2) is 14.0 Å². The fraction of sp³-hybridized carbons (Fsp3) is 0.818. The first-order valence-corrected chi connectivity index (χ1v) is 8.69. The van der Waals surface area contributed by atoms with E-state index in [1.165, 1.54) is 0 Å². The van der Waals surface area contributed by atoms with Crippen molar-refractivity contribution in [2.24, 2.45) is 5.92 Å². The Kier molecular flexibility index (Phi) is 3.36. The molecule has 3 heteroatoms. The number of hydrogen-bond acceptors (Lipinski definition) is 0. The fourth-order valence-electron chi connectivity index (χ4n) is 1.50. The quantitative estimate of drug-likeness (QED) is 0.428. The maximum absolute atomic E-state index is 12.8. The van der Waals surface area contributed by atoms with Gasteiger partial charge < -0.3 is 0 Å². The Labute approximate surface area is 86.1 Å². The molecule has 0 nitrogen and oxygen atoms in total. The molecular formula is C11H18F2Si. The van der Waals surface area contributed by atoms with E-state index >= 15 is 0 Å². The summed E-state index contributed by atoms with van der Waals surface area (Å²) in [6.45, 7) is 6.53. The van der Waals surface area contributed by atoms with Gasteiger partial charge in [0.25, 0.3) is 0 Å². The van der Waals surface area contributed by atoms with Crippen molar-refractivity contribution in [3.63, 3.8) is 0 Å². The predicted octanol–water partition coefficient (Wildman–Crippen LogP) is 3.69. The number of halogens is 2. The summed E-state index contributed by atoms with van der Waals surface area (Å²) >= 11 is 0. The van der Waals surface area contributed by atoms with Gasteiger partial charge in [-0.2, -0.15) is 0 Å². The highest BCUT2D eigenvalue weighted by molar-refractivity contribution is 6.83. The summed E-state index contributed by atoms with van der Waals surface area (Å²) in [5, 5.41) is 0. The summed E-state index contributed by atoms with van der Waals surface area (Å²) in [6, 6.07) is 0. The van der Waals surface area contributed by atoms with Crippen LogP contribution in [0.3, 0.4) is 0 Å². The standard InChI is InChI=1S/C11H18F2Si/c1-14(2,3)9-6-10-4-7-11(12,13)8-5-10/h10H,4-5,7-8H2,1-3H3. The molecule has 1 aliphatic rings. The molecule has 0 radical (unpaired) electrons. The molecule has 80 valence electrons. The molecule has 0 atom stereocenters. The van der Waals surface area contributed by atoms with Crippen LogP contribution in [0.2, 0.25) is 19.6 Å². The summed E-state index contributed by atoms with van der Waals surface area (Å²) in [5.74, 6) is 0.982. The second kappa shape index (κ2) is 4.02. The third-order valence-electron chi connectivity index (χ3n) is 2.37. The van der Waals surface area contributed by atoms with E-state index in [1.807, 2.05) is 0 Å². The lowest BCUT2D eigenvalue weighted by atomic mass is 9.87. The van der Waals surface area contributed by atoms with Crippen molar-refractivity contribution in [1.29, 1.82) is 0 Å². The van der Waals surface area contributed by atoms with Crippen molar-refractivity contribution in [2.75, 3.05) is 0 Å². The molecule has 1 fully saturated rings. The highest BCUT2D eigenvalue weighted by Gasteiger charge is 2.34. The lowest BCUT2D eigenvalue weighted by Crippen LogP contribution is -2.24. The van der Waals surface area contributed by atoms with Gasteiger partial charge in [0.15, 0.2) is 0 Å². The summed E-state index contributed by atoms with van der Waals surface area (Å²) in [6.07, 6.45) is 1.20. The minimum absolute atomic E-state index is 0.0258. The fourth-order valence-corrected chi connectivity index (χ4v) is 2.14. The van der Waals surface area contributed by atoms with E-state index in [2.05, 4.69) is 31.1 Å². The highest BCUT2D eigenvalue weighted by atomic mass is 28.3. The molecule has 0 aromatic carbocycles. The van der Waals surface area contributed by atoms with Crippen molar-refractivity contribution in [2.45, 2.75) is 51.2 Å². The van der Waals surface area contributed by atoms with Crippen LogP contribution in [0.15, 0.2) is 0 Å². The van der Waals surface area contributed by atoms with E-state index < -0.39 is 14.0 Å². The third kappa shape index (κ3) is 4.23. The van der Waals surface area contributed by atoms with E-state index in [9.17, 15) is 8.78 Å². The minimum Gasteiger partial charge on any atom is -0.207 e. The first kappa shape index (κ1) is 11.7. The summed E-state index contributed by atoms with van der Waals surface area (Å²) < 4.78 is 25.6. The molecule has 0 unspecified atom stereocenters. The normalized spacial score (nSPS) is 22.6. The van der Waals surface area contributed by atoms with Gasteiger partial charge in [0.2, 0.25) is 5.92 Å². The molecule has 0 amide bonds. The molecule has 1 rings (SSSR count). The Morgan fingerprint density at radius 2 is 1.64 bits per heavy atom. The average molecular weight is 216 g/mol. The molecule has 14 heavy (non-hydrogen) atoms. The van der Waals surface area contributed by atoms with Gasteiger partial charge in [0, 0.05) is 18.8 Å². The zero-order chi connectivity index (χ0) is 10.8. The Balaban J connectivity index is 2.46. The monoisotopic (exact) mass is 216 g/mol. The van der Waals surface area contributed by atoms with Gasteiger partial charge in [-0.05, 0) is 12.8 Å². The molecule has 1 aliphatic carbocycles. The van der Waals surface area contributed by atoms with Crippen molar-refractivity contribution in [3.05, 3.63) is 0 Å². The first-order chi connectivity index (χ1) is 6.29. The highest BCUT2D eigenvalue weighted by Crippen LogP contribution is 2.35. The van der Waals surface area contributed by atoms with Gasteiger partial charge in [0.1, 0.15) is 8.07 Å². The van der Waals surface area contributed by atoms with Crippen LogP contribution >= 0.6 is 0 Å². The number of rotatable bonds is 0. The average Bonchev–Trinajstić information content (AvgIpc) is 2.01. The van der Waals surface area contributed by atoms with Crippen LogP contribution in [0, 0.1) is 17.4 Å². The molecule has 0 saturated heterocycles. The van der Waals surface area contributed by atoms with Crippen molar-refractivity contribution < 1.29 is 8.78 Å². The lowest BCUT2D eigenvalue weighted by Gasteiger charge is -2.25. The largest absolute Gasteiger partial charge is 0.248 e. The minimum atomic E-state index is -2.42. The van der Waals surface area contributed by atoms with Crippen LogP contribution in [0.1, 0.15) is 25.7 Å². The van der Waals surface area contributed by atoms with E-state index in [0.717, 1.165) is 0 Å². The molecular weight excluding hydrogens is 198 g/mol. The Morgan fingerprint density at radius 1 is 1.14 bits per heavy atom. The Bertz CT molecular complexity index is 245. The molecule has 0 aromatic rings. The zero-order valence-corrected chi connectivity index (χ0v) is 10.2. The van der Waals surface area contributed by atoms with E-state index in [1.54, 1.807) is 0 Å². The second-order valence-corrected chi connectivity index (χ2v) is 9.90. The molecule has 0 spiro atoms. The van der Waals surface area contributed by atoms with Crippen molar-refractivity contribution >= 4 is 8.07 Å². The van der Waals surface area contributed by atoms with Crippen molar-refractivity contribution in [1.82, 2.24) is 0 Å². The van der Waals surface area contributed by atoms with Crippen LogP contribution in [0.4, 0.5) is 8.78 Å². The molecule has 1 saturated carbocycles. The van der Waals surface area contributed by atoms with Gasteiger partial charge in [-0.1, -0.05) is 19.6 Å². The van der Waals surface area contributed by atoms with Gasteiger partial charge in [-0.15, -0.1) is 11.5 Å². The summed E-state index contributed by atoms with van der Waals surface area (Å²) in [7, 11) is -1.33. The summed E-state index contributed by atoms with van der Waals surface area (Å²) in [5.41, 5.74) is 3.26. The van der Waals surface area contributed by atoms with Gasteiger partial charge in [-0.25, -0.2) is 8.78 Å². The molecule has 0 aromatic heterocycles. The van der Waals surface area contributed by atoms with Crippen molar-refractivity contribution in [3.8, 4) is 11.5 Å². The predicted molar refractivity (Wildman–Crippen MR) is 58.0 cm³/mol. The SMILES string of the molecule is C[Si](C)(C)C#CC1CCC(F)(F)CC1. The van der Waals surface area contributed by atoms with E-state index in [0.29, 0.717) is 12.8 Å². The topological polar surface area (TPSA) is 0 Å². The summed E-state index contributed by atoms with van der Waals surface area (Å²) in [4.78, 5) is 0. The van der Waals surface area contributed by atoms with Gasteiger partial charge in [-0.3, -0.25) is 0 Å². The van der Waals surface area contributed by atoms with Crippen LogP contribution in [0.5, 0.6) is 0 Å². The maximum Gasteiger partial charge on any atom is 0.248 e. The lowest BCUT2D eigenvalue weighted by molar-refractivity contribution is -0.0402. The maximum atomic E-state index is 12.8. The molecule has 0 bridgehead atoms. The molecule has 0 heterocycles. The van der Waals surface area contributed by atoms with E-state index in [4.69, 9.17) is 0 Å². The number of hydrogen-bond donors (Lipinski definition) is 0. The zero-order valence-electron chi connectivity index (χ0n) is 9.16. The second-order valence-electron chi connectivity index (χ2n) is 5.15. The van der Waals surface area contributed by atoms with Crippen LogP contribution < -0.4 is 0 Å². The molecule has 0 N–H and O–H groups in total. The molecule has 0 aliphatic heterocycles. The van der Waals surface area contributed by atoms with E-state index in [-0.39, 0.29) is 18.8 Å². The van der Waals surface area contributed by atoms with Crippen LogP contribution in [-0.2, 0) is 0 Å². The van der Waals surface area contributed by atoms with Gasteiger partial charge in [0.05, 0.1) is 0 Å². The first-order valence-electron chi connectivity index (χ1n) is 5.19. The Hall–Kier alpha value is -0.363. The smallest absolute Gasteiger partial charge is 0.207 e.